The smallest absolute Gasteiger partial charge is 0.239 e. The summed E-state index contributed by atoms with van der Waals surface area (Å²) in [5.74, 6) is 0.844. The lowest BCUT2D eigenvalue weighted by molar-refractivity contribution is -0.123. The monoisotopic (exact) mass is 309 g/mol. The third kappa shape index (κ3) is 2.96. The van der Waals surface area contributed by atoms with Crippen LogP contribution in [0.5, 0.6) is 0 Å². The van der Waals surface area contributed by atoms with Crippen LogP contribution in [0, 0.1) is 5.92 Å². The maximum absolute atomic E-state index is 12.5. The Balaban J connectivity index is 1.46. The summed E-state index contributed by atoms with van der Waals surface area (Å²) in [6.07, 6.45) is 3.47. The molecule has 0 aromatic heterocycles. The van der Waals surface area contributed by atoms with Crippen molar-refractivity contribution >= 4 is 16.7 Å². The molecule has 1 saturated heterocycles. The molecule has 23 heavy (non-hydrogen) atoms. The third-order valence-corrected chi connectivity index (χ3v) is 5.09. The van der Waals surface area contributed by atoms with Crippen LogP contribution < -0.4 is 16.2 Å². The predicted octanol–water partition coefficient (Wildman–Crippen LogP) is 2.66. The van der Waals surface area contributed by atoms with E-state index in [2.05, 4.69) is 53.4 Å². The van der Waals surface area contributed by atoms with Gasteiger partial charge in [0.15, 0.2) is 0 Å². The van der Waals surface area contributed by atoms with Crippen molar-refractivity contribution in [2.45, 2.75) is 44.3 Å². The highest BCUT2D eigenvalue weighted by Crippen LogP contribution is 2.35. The second-order valence-corrected chi connectivity index (χ2v) is 6.82. The second-order valence-electron chi connectivity index (χ2n) is 6.82. The molecule has 1 amide bonds. The normalized spacial score (nSPS) is 25.4. The molecule has 120 valence electrons. The van der Waals surface area contributed by atoms with E-state index in [0.717, 1.165) is 12.3 Å². The van der Waals surface area contributed by atoms with E-state index in [0.29, 0.717) is 6.04 Å². The van der Waals surface area contributed by atoms with Crippen LogP contribution in [-0.2, 0) is 4.79 Å². The molecule has 1 heterocycles. The van der Waals surface area contributed by atoms with E-state index >= 15 is 0 Å². The van der Waals surface area contributed by atoms with Crippen molar-refractivity contribution in [3.05, 3.63) is 48.0 Å². The van der Waals surface area contributed by atoms with Gasteiger partial charge in [-0.3, -0.25) is 10.2 Å². The van der Waals surface area contributed by atoms with Crippen molar-refractivity contribution in [3.8, 4) is 0 Å². The molecule has 4 nitrogen and oxygen atoms in total. The quantitative estimate of drug-likeness (QED) is 0.814. The number of rotatable bonds is 4. The van der Waals surface area contributed by atoms with Gasteiger partial charge in [-0.1, -0.05) is 42.5 Å². The number of hydrogen-bond acceptors (Lipinski definition) is 3. The minimum atomic E-state index is -0.127. The van der Waals surface area contributed by atoms with Crippen molar-refractivity contribution in [2.24, 2.45) is 5.92 Å². The van der Waals surface area contributed by atoms with Gasteiger partial charge in [0, 0.05) is 6.04 Å². The summed E-state index contributed by atoms with van der Waals surface area (Å²) in [5.41, 5.74) is 7.61. The average molecular weight is 309 g/mol. The van der Waals surface area contributed by atoms with Gasteiger partial charge in [-0.15, -0.1) is 0 Å². The molecule has 1 saturated carbocycles. The number of nitrogens with one attached hydrogen (secondary N) is 3. The second kappa shape index (κ2) is 5.95. The first-order chi connectivity index (χ1) is 11.2. The number of hydrogen-bond donors (Lipinski definition) is 3. The molecule has 2 aliphatic rings. The van der Waals surface area contributed by atoms with Crippen molar-refractivity contribution in [1.82, 2.24) is 16.2 Å². The zero-order valence-corrected chi connectivity index (χ0v) is 13.4. The van der Waals surface area contributed by atoms with Crippen molar-refractivity contribution in [1.29, 1.82) is 0 Å². The number of hydrazine groups is 1. The Kier molecular flexibility index (Phi) is 3.79. The van der Waals surface area contributed by atoms with Crippen LogP contribution in [0.2, 0.25) is 0 Å². The molecule has 3 N–H and O–H groups in total. The Morgan fingerprint density at radius 2 is 1.91 bits per heavy atom. The zero-order chi connectivity index (χ0) is 15.8. The molecule has 1 aliphatic heterocycles. The zero-order valence-electron chi connectivity index (χ0n) is 13.4. The molecule has 1 aliphatic carbocycles. The van der Waals surface area contributed by atoms with E-state index < -0.39 is 0 Å². The number of carbonyl (C=O) groups excluding carboxylic acids is 1. The lowest BCUT2D eigenvalue weighted by Crippen LogP contribution is -2.44. The van der Waals surface area contributed by atoms with Crippen LogP contribution in [0.4, 0.5) is 0 Å². The Bertz CT molecular complexity index is 720. The van der Waals surface area contributed by atoms with Gasteiger partial charge in [-0.2, -0.15) is 0 Å². The summed E-state index contributed by atoms with van der Waals surface area (Å²) in [5, 5.41) is 5.58. The number of benzene rings is 2. The Morgan fingerprint density at radius 3 is 2.74 bits per heavy atom. The Morgan fingerprint density at radius 1 is 1.13 bits per heavy atom. The van der Waals surface area contributed by atoms with Gasteiger partial charge in [-0.25, -0.2) is 5.43 Å². The van der Waals surface area contributed by atoms with E-state index in [4.69, 9.17) is 0 Å². The van der Waals surface area contributed by atoms with Gasteiger partial charge >= 0.3 is 0 Å². The maximum atomic E-state index is 12.5. The van der Waals surface area contributed by atoms with E-state index in [1.165, 1.54) is 29.2 Å². The molecule has 3 atom stereocenters. The van der Waals surface area contributed by atoms with E-state index in [1.807, 2.05) is 12.1 Å². The molecule has 2 aromatic rings. The largest absolute Gasteiger partial charge is 0.348 e. The van der Waals surface area contributed by atoms with Gasteiger partial charge in [-0.05, 0) is 48.4 Å². The van der Waals surface area contributed by atoms with E-state index in [1.54, 1.807) is 0 Å². The molecule has 0 radical (unpaired) electrons. The van der Waals surface area contributed by atoms with Crippen LogP contribution in [0.25, 0.3) is 10.8 Å². The summed E-state index contributed by atoms with van der Waals surface area (Å²) < 4.78 is 0. The summed E-state index contributed by atoms with van der Waals surface area (Å²) >= 11 is 0. The Labute approximate surface area is 136 Å². The van der Waals surface area contributed by atoms with Gasteiger partial charge in [0.05, 0.1) is 6.04 Å². The molecule has 0 bridgehead atoms. The van der Waals surface area contributed by atoms with Gasteiger partial charge in [0.25, 0.3) is 0 Å². The molecule has 3 unspecified atom stereocenters. The first kappa shape index (κ1) is 14.7. The summed E-state index contributed by atoms with van der Waals surface area (Å²) in [6.45, 7) is 2.06. The number of carbonyl (C=O) groups is 1. The standard InChI is InChI=1S/C19H23N3O/c1-12(15-8-4-6-13-5-2-3-7-16(13)15)20-19(23)18-11-17(21-22-18)14-9-10-14/h2-8,12,14,17-18,21-22H,9-11H2,1H3,(H,20,23). The van der Waals surface area contributed by atoms with Gasteiger partial charge in [0.1, 0.15) is 6.04 Å². The summed E-state index contributed by atoms with van der Waals surface area (Å²) in [7, 11) is 0. The number of fused-ring (bicyclic) bond motifs is 1. The molecule has 4 rings (SSSR count). The highest BCUT2D eigenvalue weighted by Gasteiger charge is 2.38. The predicted molar refractivity (Wildman–Crippen MR) is 91.7 cm³/mol. The topological polar surface area (TPSA) is 53.2 Å². The van der Waals surface area contributed by atoms with Crippen molar-refractivity contribution in [2.75, 3.05) is 0 Å². The van der Waals surface area contributed by atoms with Crippen LogP contribution in [0.15, 0.2) is 42.5 Å². The minimum Gasteiger partial charge on any atom is -0.348 e. The summed E-state index contributed by atoms with van der Waals surface area (Å²) in [4.78, 5) is 12.5. The SMILES string of the molecule is CC(NC(=O)C1CC(C2CC2)NN1)c1cccc2ccccc12. The third-order valence-electron chi connectivity index (χ3n) is 5.09. The van der Waals surface area contributed by atoms with Crippen molar-refractivity contribution < 1.29 is 4.79 Å². The summed E-state index contributed by atoms with van der Waals surface area (Å²) in [6, 6.07) is 14.9. The fourth-order valence-corrected chi connectivity index (χ4v) is 3.58. The fourth-order valence-electron chi connectivity index (χ4n) is 3.58. The first-order valence-corrected chi connectivity index (χ1v) is 8.51. The fraction of sp³-hybridized carbons (Fsp3) is 0.421. The molecule has 2 fully saturated rings. The van der Waals surface area contributed by atoms with Crippen LogP contribution >= 0.6 is 0 Å². The minimum absolute atomic E-state index is 0.00428. The van der Waals surface area contributed by atoms with Crippen LogP contribution in [0.3, 0.4) is 0 Å². The highest BCUT2D eigenvalue weighted by molar-refractivity contribution is 5.87. The highest BCUT2D eigenvalue weighted by atomic mass is 16.2. The van der Waals surface area contributed by atoms with E-state index in [9.17, 15) is 4.79 Å². The molecule has 4 heteroatoms. The van der Waals surface area contributed by atoms with Crippen LogP contribution in [-0.4, -0.2) is 18.0 Å². The molecular weight excluding hydrogens is 286 g/mol. The van der Waals surface area contributed by atoms with Crippen molar-refractivity contribution in [3.63, 3.8) is 0 Å². The lowest BCUT2D eigenvalue weighted by Gasteiger charge is -2.19. The molecular formula is C19H23N3O. The maximum Gasteiger partial charge on any atom is 0.239 e. The van der Waals surface area contributed by atoms with E-state index in [-0.39, 0.29) is 18.0 Å². The van der Waals surface area contributed by atoms with Gasteiger partial charge in [0.2, 0.25) is 5.91 Å². The molecule has 0 spiro atoms. The Hall–Kier alpha value is -1.91. The van der Waals surface area contributed by atoms with Gasteiger partial charge < -0.3 is 5.32 Å². The average Bonchev–Trinajstić information content (AvgIpc) is 3.31. The molecule has 2 aromatic carbocycles. The lowest BCUT2D eigenvalue weighted by atomic mass is 9.99. The first-order valence-electron chi connectivity index (χ1n) is 8.51. The number of amides is 1. The van der Waals surface area contributed by atoms with Crippen LogP contribution in [0.1, 0.15) is 37.8 Å².